The van der Waals surface area contributed by atoms with Crippen molar-refractivity contribution in [3.05, 3.63) is 64.7 Å². The van der Waals surface area contributed by atoms with Crippen molar-refractivity contribution in [3.8, 4) is 0 Å². The fourth-order valence-corrected chi connectivity index (χ4v) is 3.01. The molecule has 0 bridgehead atoms. The zero-order chi connectivity index (χ0) is 14.4. The van der Waals surface area contributed by atoms with Gasteiger partial charge in [0, 0.05) is 16.8 Å². The Hall–Kier alpha value is -2.00. The van der Waals surface area contributed by atoms with E-state index in [1.807, 2.05) is 53.4 Å². The quantitative estimate of drug-likeness (QED) is 0.906. The third kappa shape index (κ3) is 2.18. The zero-order valence-corrected chi connectivity index (χ0v) is 12.2. The summed E-state index contributed by atoms with van der Waals surface area (Å²) >= 11 is 5.97. The van der Waals surface area contributed by atoms with E-state index in [1.165, 1.54) is 0 Å². The topological polar surface area (TPSA) is 32.3 Å². The first-order chi connectivity index (χ1) is 10.2. The molecule has 0 saturated heterocycles. The number of carbonyl (C=O) groups is 1. The van der Waals surface area contributed by atoms with Crippen LogP contribution in [0.4, 0.5) is 5.69 Å². The van der Waals surface area contributed by atoms with Crippen LogP contribution < -0.4 is 5.32 Å². The largest absolute Gasteiger partial charge is 0.361 e. The van der Waals surface area contributed by atoms with Gasteiger partial charge in [-0.2, -0.15) is 0 Å². The molecule has 0 radical (unpaired) electrons. The maximum Gasteiger partial charge on any atom is 0.258 e. The van der Waals surface area contributed by atoms with Crippen LogP contribution in [-0.4, -0.2) is 16.8 Å². The van der Waals surface area contributed by atoms with E-state index in [4.69, 9.17) is 11.6 Å². The van der Waals surface area contributed by atoms with Crippen LogP contribution in [0, 0.1) is 0 Å². The fourth-order valence-electron chi connectivity index (χ4n) is 2.89. The number of carbonyl (C=O) groups excluding carboxylic acids is 1. The highest BCUT2D eigenvalue weighted by Gasteiger charge is 2.41. The number of halogens is 1. The molecule has 0 spiro atoms. The molecule has 1 N–H and O–H groups in total. The summed E-state index contributed by atoms with van der Waals surface area (Å²) in [5.41, 5.74) is 2.73. The van der Waals surface area contributed by atoms with E-state index in [2.05, 4.69) is 5.32 Å². The smallest absolute Gasteiger partial charge is 0.258 e. The van der Waals surface area contributed by atoms with Crippen LogP contribution in [0.5, 0.6) is 0 Å². The lowest BCUT2D eigenvalue weighted by atomic mass is 10.0. The second-order valence-corrected chi connectivity index (χ2v) is 6.02. The minimum absolute atomic E-state index is 0.114. The van der Waals surface area contributed by atoms with E-state index < -0.39 is 0 Å². The molecule has 1 atom stereocenters. The lowest BCUT2D eigenvalue weighted by Gasteiger charge is -2.38. The summed E-state index contributed by atoms with van der Waals surface area (Å²) in [7, 11) is 0. The van der Waals surface area contributed by atoms with Crippen LogP contribution in [0.1, 0.15) is 34.9 Å². The molecular weight excluding hydrogens is 284 g/mol. The number of rotatable bonds is 2. The average molecular weight is 299 g/mol. The molecule has 2 aromatic carbocycles. The summed E-state index contributed by atoms with van der Waals surface area (Å²) < 4.78 is 0. The van der Waals surface area contributed by atoms with Gasteiger partial charge in [0.15, 0.2) is 0 Å². The Balaban J connectivity index is 1.78. The van der Waals surface area contributed by atoms with Crippen molar-refractivity contribution in [2.45, 2.75) is 25.0 Å². The van der Waals surface area contributed by atoms with Crippen LogP contribution in [0.2, 0.25) is 5.02 Å². The van der Waals surface area contributed by atoms with Gasteiger partial charge in [0.25, 0.3) is 5.91 Å². The van der Waals surface area contributed by atoms with E-state index >= 15 is 0 Å². The summed E-state index contributed by atoms with van der Waals surface area (Å²) in [4.78, 5) is 14.8. The minimum atomic E-state index is -0.114. The highest BCUT2D eigenvalue weighted by molar-refractivity contribution is 6.30. The van der Waals surface area contributed by atoms with E-state index in [1.54, 1.807) is 0 Å². The Morgan fingerprint density at radius 3 is 2.48 bits per heavy atom. The molecule has 21 heavy (non-hydrogen) atoms. The molecule has 4 rings (SSSR count). The minimum Gasteiger partial charge on any atom is -0.361 e. The number of nitrogens with one attached hydrogen (secondary N) is 1. The van der Waals surface area contributed by atoms with E-state index in [9.17, 15) is 4.79 Å². The van der Waals surface area contributed by atoms with E-state index in [-0.39, 0.29) is 12.1 Å². The third-order valence-corrected chi connectivity index (χ3v) is 4.34. The van der Waals surface area contributed by atoms with Crippen molar-refractivity contribution in [1.29, 1.82) is 0 Å². The van der Waals surface area contributed by atoms with Crippen LogP contribution in [0.25, 0.3) is 0 Å². The third-order valence-electron chi connectivity index (χ3n) is 4.09. The van der Waals surface area contributed by atoms with Gasteiger partial charge in [-0.1, -0.05) is 35.9 Å². The summed E-state index contributed by atoms with van der Waals surface area (Å²) in [6.45, 7) is 0. The van der Waals surface area contributed by atoms with Crippen LogP contribution in [0.3, 0.4) is 0 Å². The Morgan fingerprint density at radius 1 is 1.05 bits per heavy atom. The molecular formula is C17H15ClN2O. The summed E-state index contributed by atoms with van der Waals surface area (Å²) in [5, 5.41) is 4.20. The maximum atomic E-state index is 12.8. The Labute approximate surface area is 128 Å². The number of hydrogen-bond donors (Lipinski definition) is 1. The first kappa shape index (κ1) is 12.7. The molecule has 1 aliphatic carbocycles. The van der Waals surface area contributed by atoms with Gasteiger partial charge in [-0.05, 0) is 42.7 Å². The predicted octanol–water partition coefficient (Wildman–Crippen LogP) is 4.07. The predicted molar refractivity (Wildman–Crippen MR) is 83.4 cm³/mol. The number of fused-ring (bicyclic) bond motifs is 1. The van der Waals surface area contributed by atoms with Gasteiger partial charge in [0.2, 0.25) is 0 Å². The lowest BCUT2D eigenvalue weighted by molar-refractivity contribution is 0.0666. The molecule has 1 amide bonds. The molecule has 0 aromatic heterocycles. The van der Waals surface area contributed by atoms with Crippen LogP contribution >= 0.6 is 11.6 Å². The summed E-state index contributed by atoms with van der Waals surface area (Å²) in [5.74, 6) is 0.117. The first-order valence-electron chi connectivity index (χ1n) is 7.18. The molecule has 106 valence electrons. The molecule has 0 unspecified atom stereocenters. The van der Waals surface area contributed by atoms with Gasteiger partial charge in [0.05, 0.1) is 5.56 Å². The first-order valence-corrected chi connectivity index (χ1v) is 7.55. The van der Waals surface area contributed by atoms with E-state index in [0.29, 0.717) is 11.1 Å². The monoisotopic (exact) mass is 298 g/mol. The number of para-hydroxylation sites is 1. The van der Waals surface area contributed by atoms with Crippen molar-refractivity contribution in [2.24, 2.45) is 0 Å². The highest BCUT2D eigenvalue weighted by atomic mass is 35.5. The molecule has 1 saturated carbocycles. The number of anilines is 1. The SMILES string of the molecule is O=C1c2ccccc2N[C@H](c2ccc(Cl)cc2)N1C1CC1. The standard InChI is InChI=1S/C17H15ClN2O/c18-12-7-5-11(6-8-12)16-19-15-4-2-1-3-14(15)17(21)20(16)13-9-10-13/h1-8,13,16,19H,9-10H2/t16-/m0/s1. The van der Waals surface area contributed by atoms with Crippen molar-refractivity contribution in [2.75, 3.05) is 5.32 Å². The van der Waals surface area contributed by atoms with Crippen molar-refractivity contribution in [3.63, 3.8) is 0 Å². The van der Waals surface area contributed by atoms with Gasteiger partial charge >= 0.3 is 0 Å². The Kier molecular flexibility index (Phi) is 2.89. The van der Waals surface area contributed by atoms with Gasteiger partial charge in [-0.15, -0.1) is 0 Å². The molecule has 2 aliphatic rings. The fraction of sp³-hybridized carbons (Fsp3) is 0.235. The van der Waals surface area contributed by atoms with Crippen molar-refractivity contribution < 1.29 is 4.79 Å². The Morgan fingerprint density at radius 2 is 1.76 bits per heavy atom. The van der Waals surface area contributed by atoms with E-state index in [0.717, 1.165) is 29.7 Å². The van der Waals surface area contributed by atoms with Crippen molar-refractivity contribution >= 4 is 23.2 Å². The molecule has 3 nitrogen and oxygen atoms in total. The van der Waals surface area contributed by atoms with Crippen molar-refractivity contribution in [1.82, 2.24) is 4.90 Å². The number of amides is 1. The van der Waals surface area contributed by atoms with Crippen LogP contribution in [-0.2, 0) is 0 Å². The highest BCUT2D eigenvalue weighted by Crippen LogP contribution is 2.40. The number of benzene rings is 2. The number of hydrogen-bond acceptors (Lipinski definition) is 2. The normalized spacial score (nSPS) is 20.9. The summed E-state index contributed by atoms with van der Waals surface area (Å²) in [6, 6.07) is 15.8. The average Bonchev–Trinajstić information content (AvgIpc) is 3.32. The Bertz CT molecular complexity index is 694. The molecule has 1 heterocycles. The number of nitrogens with zero attached hydrogens (tertiary/aromatic N) is 1. The molecule has 1 fully saturated rings. The second kappa shape index (κ2) is 4.78. The molecule has 1 aliphatic heterocycles. The maximum absolute atomic E-state index is 12.8. The van der Waals surface area contributed by atoms with Gasteiger partial charge < -0.3 is 10.2 Å². The van der Waals surface area contributed by atoms with Gasteiger partial charge in [0.1, 0.15) is 6.17 Å². The zero-order valence-electron chi connectivity index (χ0n) is 11.4. The van der Waals surface area contributed by atoms with Gasteiger partial charge in [-0.25, -0.2) is 0 Å². The summed E-state index contributed by atoms with van der Waals surface area (Å²) in [6.07, 6.45) is 2.05. The lowest BCUT2D eigenvalue weighted by Crippen LogP contribution is -2.44. The van der Waals surface area contributed by atoms with Gasteiger partial charge in [-0.3, -0.25) is 4.79 Å². The second-order valence-electron chi connectivity index (χ2n) is 5.59. The molecule has 4 heteroatoms. The molecule has 2 aromatic rings. The van der Waals surface area contributed by atoms with Crippen LogP contribution in [0.15, 0.2) is 48.5 Å².